The maximum absolute atomic E-state index is 11.0. The van der Waals surface area contributed by atoms with Gasteiger partial charge in [0.2, 0.25) is 0 Å². The van der Waals surface area contributed by atoms with E-state index in [9.17, 15) is 4.79 Å². The van der Waals surface area contributed by atoms with Gasteiger partial charge in [0.05, 0.1) is 13.4 Å². The predicted octanol–water partition coefficient (Wildman–Crippen LogP) is 6.24. The van der Waals surface area contributed by atoms with E-state index < -0.39 is 0 Å². The van der Waals surface area contributed by atoms with Gasteiger partial charge in [0.1, 0.15) is 0 Å². The molecule has 0 aliphatic carbocycles. The second-order valence-electron chi connectivity index (χ2n) is 7.10. The first-order valence-corrected chi connectivity index (χ1v) is 10.5. The number of unbranched alkanes of at least 4 members (excludes halogenated alkanes) is 8. The van der Waals surface area contributed by atoms with Crippen LogP contribution in [0.4, 0.5) is 0 Å². The van der Waals surface area contributed by atoms with Gasteiger partial charge in [0.25, 0.3) is 0 Å². The molecule has 0 aromatic carbocycles. The summed E-state index contributed by atoms with van der Waals surface area (Å²) in [4.78, 5) is 15.2. The summed E-state index contributed by atoms with van der Waals surface area (Å²) in [5, 5.41) is 0. The van der Waals surface area contributed by atoms with Crippen LogP contribution in [0.3, 0.4) is 0 Å². The number of nitrogens with zero attached hydrogens (tertiary/aromatic N) is 2. The highest BCUT2D eigenvalue weighted by Gasteiger charge is 2.08. The van der Waals surface area contributed by atoms with Crippen molar-refractivity contribution in [3.63, 3.8) is 0 Å². The molecule has 0 bridgehead atoms. The second kappa shape index (κ2) is 15.7. The van der Waals surface area contributed by atoms with E-state index in [1.54, 1.807) is 0 Å². The van der Waals surface area contributed by atoms with E-state index in [1.807, 2.05) is 12.5 Å². The third kappa shape index (κ3) is 11.1. The molecule has 0 aliphatic heterocycles. The van der Waals surface area contributed by atoms with Crippen molar-refractivity contribution in [1.82, 2.24) is 9.55 Å². The summed E-state index contributed by atoms with van der Waals surface area (Å²) >= 11 is 0. The van der Waals surface area contributed by atoms with Crippen LogP contribution in [0, 0.1) is 0 Å². The number of allylic oxidation sites excluding steroid dienone is 2. The van der Waals surface area contributed by atoms with Crippen molar-refractivity contribution in [3.8, 4) is 0 Å². The monoisotopic (exact) mass is 362 g/mol. The highest BCUT2D eigenvalue weighted by atomic mass is 16.5. The van der Waals surface area contributed by atoms with Crippen molar-refractivity contribution in [2.75, 3.05) is 7.11 Å². The van der Waals surface area contributed by atoms with Crippen LogP contribution >= 0.6 is 0 Å². The normalized spacial score (nSPS) is 12.5. The Morgan fingerprint density at radius 1 is 1.08 bits per heavy atom. The molecule has 1 aromatic heterocycles. The van der Waals surface area contributed by atoms with Crippen LogP contribution in [0.2, 0.25) is 0 Å². The van der Waals surface area contributed by atoms with E-state index in [2.05, 4.69) is 39.6 Å². The lowest BCUT2D eigenvalue weighted by molar-refractivity contribution is -0.140. The molecule has 0 saturated heterocycles. The van der Waals surface area contributed by atoms with E-state index in [0.29, 0.717) is 12.5 Å². The summed E-state index contributed by atoms with van der Waals surface area (Å²) in [5.41, 5.74) is 0. The number of rotatable bonds is 16. The summed E-state index contributed by atoms with van der Waals surface area (Å²) in [7, 11) is 1.46. The maximum Gasteiger partial charge on any atom is 0.305 e. The highest BCUT2D eigenvalue weighted by Crippen LogP contribution is 2.20. The number of aromatic nitrogens is 2. The van der Waals surface area contributed by atoms with Crippen LogP contribution in [0.15, 0.2) is 30.9 Å². The van der Waals surface area contributed by atoms with Crippen LogP contribution in [-0.2, 0) is 9.53 Å². The molecule has 1 atom stereocenters. The Balaban J connectivity index is 2.11. The van der Waals surface area contributed by atoms with Gasteiger partial charge in [-0.1, -0.05) is 64.0 Å². The molecular formula is C22H38N2O2. The summed E-state index contributed by atoms with van der Waals surface area (Å²) in [5.74, 6) is -0.0879. The zero-order chi connectivity index (χ0) is 18.9. The molecule has 0 amide bonds. The summed E-state index contributed by atoms with van der Waals surface area (Å²) < 4.78 is 6.91. The first-order valence-electron chi connectivity index (χ1n) is 10.5. The number of carbonyl (C=O) groups excluding carboxylic acids is 1. The van der Waals surface area contributed by atoms with Crippen molar-refractivity contribution >= 4 is 5.97 Å². The molecule has 0 N–H and O–H groups in total. The molecule has 1 heterocycles. The Hall–Kier alpha value is -1.58. The van der Waals surface area contributed by atoms with Gasteiger partial charge < -0.3 is 9.30 Å². The predicted molar refractivity (Wildman–Crippen MR) is 108 cm³/mol. The van der Waals surface area contributed by atoms with E-state index >= 15 is 0 Å². The fraction of sp³-hybridized carbons (Fsp3) is 0.727. The molecule has 4 nitrogen and oxygen atoms in total. The highest BCUT2D eigenvalue weighted by molar-refractivity contribution is 5.68. The van der Waals surface area contributed by atoms with Crippen molar-refractivity contribution in [2.45, 2.75) is 96.4 Å². The van der Waals surface area contributed by atoms with Gasteiger partial charge in [-0.05, 0) is 32.1 Å². The van der Waals surface area contributed by atoms with Crippen molar-refractivity contribution in [1.29, 1.82) is 0 Å². The quantitative estimate of drug-likeness (QED) is 0.198. The van der Waals surface area contributed by atoms with Crippen LogP contribution in [0.25, 0.3) is 0 Å². The van der Waals surface area contributed by atoms with Gasteiger partial charge in [0.15, 0.2) is 0 Å². The fourth-order valence-corrected chi connectivity index (χ4v) is 3.22. The molecule has 0 saturated carbocycles. The van der Waals surface area contributed by atoms with Gasteiger partial charge in [-0.15, -0.1) is 0 Å². The molecule has 0 aliphatic rings. The van der Waals surface area contributed by atoms with Crippen LogP contribution in [-0.4, -0.2) is 22.6 Å². The molecule has 0 fully saturated rings. The van der Waals surface area contributed by atoms with Gasteiger partial charge in [-0.3, -0.25) is 4.79 Å². The van der Waals surface area contributed by atoms with Gasteiger partial charge in [0, 0.05) is 24.9 Å². The lowest BCUT2D eigenvalue weighted by atomic mass is 10.0. The van der Waals surface area contributed by atoms with E-state index in [0.717, 1.165) is 25.7 Å². The van der Waals surface area contributed by atoms with E-state index in [4.69, 9.17) is 0 Å². The largest absolute Gasteiger partial charge is 0.469 e. The molecule has 0 radical (unpaired) electrons. The SMILES string of the molecule is CCCCCCC(CC=CCCCCCCCC(=O)OC)n1ccnc1. The van der Waals surface area contributed by atoms with Crippen molar-refractivity contribution in [2.24, 2.45) is 0 Å². The second-order valence-corrected chi connectivity index (χ2v) is 7.10. The van der Waals surface area contributed by atoms with Crippen LogP contribution < -0.4 is 0 Å². The Kier molecular flexibility index (Phi) is 13.5. The lowest BCUT2D eigenvalue weighted by Gasteiger charge is -2.16. The summed E-state index contributed by atoms with van der Waals surface area (Å²) in [6.45, 7) is 2.26. The minimum absolute atomic E-state index is 0.0879. The minimum atomic E-state index is -0.0879. The molecule has 4 heteroatoms. The van der Waals surface area contributed by atoms with Crippen molar-refractivity contribution < 1.29 is 9.53 Å². The Morgan fingerprint density at radius 2 is 1.85 bits per heavy atom. The molecule has 148 valence electrons. The van der Waals surface area contributed by atoms with Crippen LogP contribution in [0.1, 0.15) is 96.4 Å². The van der Waals surface area contributed by atoms with Crippen LogP contribution in [0.5, 0.6) is 0 Å². The number of ether oxygens (including phenoxy) is 1. The van der Waals surface area contributed by atoms with E-state index in [-0.39, 0.29) is 5.97 Å². The average molecular weight is 363 g/mol. The number of carbonyl (C=O) groups is 1. The lowest BCUT2D eigenvalue weighted by Crippen LogP contribution is -2.06. The fourth-order valence-electron chi connectivity index (χ4n) is 3.22. The Morgan fingerprint density at radius 3 is 2.58 bits per heavy atom. The number of imidazole rings is 1. The Labute approximate surface area is 160 Å². The summed E-state index contributed by atoms with van der Waals surface area (Å²) in [6, 6.07) is 0.545. The molecule has 1 rings (SSSR count). The third-order valence-electron chi connectivity index (χ3n) is 4.89. The third-order valence-corrected chi connectivity index (χ3v) is 4.89. The summed E-state index contributed by atoms with van der Waals surface area (Å²) in [6.07, 6.45) is 25.7. The zero-order valence-corrected chi connectivity index (χ0v) is 16.9. The molecule has 26 heavy (non-hydrogen) atoms. The topological polar surface area (TPSA) is 44.1 Å². The van der Waals surface area contributed by atoms with E-state index in [1.165, 1.54) is 58.5 Å². The standard InChI is InChI=1S/C22H38N2O2/c1-3-4-5-12-15-21(24-19-18-23-20-24)16-13-10-8-6-7-9-11-14-17-22(25)26-2/h10,13,18-21H,3-9,11-12,14-17H2,1-2H3. The smallest absolute Gasteiger partial charge is 0.305 e. The first-order chi connectivity index (χ1) is 12.8. The van der Waals surface area contributed by atoms with Gasteiger partial charge in [-0.2, -0.15) is 0 Å². The molecule has 1 aromatic rings. The molecule has 1 unspecified atom stereocenters. The zero-order valence-electron chi connectivity index (χ0n) is 16.9. The average Bonchev–Trinajstić information content (AvgIpc) is 3.19. The van der Waals surface area contributed by atoms with Gasteiger partial charge >= 0.3 is 5.97 Å². The number of methoxy groups -OCH3 is 1. The first kappa shape index (κ1) is 22.5. The van der Waals surface area contributed by atoms with Crippen molar-refractivity contribution in [3.05, 3.63) is 30.9 Å². The number of esters is 1. The number of hydrogen-bond donors (Lipinski definition) is 0. The molecular weight excluding hydrogens is 324 g/mol. The Bertz CT molecular complexity index is 468. The maximum atomic E-state index is 11.0. The number of hydrogen-bond acceptors (Lipinski definition) is 3. The van der Waals surface area contributed by atoms with Gasteiger partial charge in [-0.25, -0.2) is 4.98 Å². The minimum Gasteiger partial charge on any atom is -0.469 e. The molecule has 0 spiro atoms.